The standard InChI is InChI=1S/C12H16O3/c1-8-3-4-10(9(2)7-8)11(13)5-6-12(14)15/h3-4,7,11,13H,5-6H2,1-2H3,(H,14,15). The van der Waals surface area contributed by atoms with Crippen LogP contribution in [-0.2, 0) is 4.79 Å². The Morgan fingerprint density at radius 1 is 1.40 bits per heavy atom. The lowest BCUT2D eigenvalue weighted by Crippen LogP contribution is -2.04. The monoisotopic (exact) mass is 208 g/mol. The molecule has 0 aliphatic carbocycles. The van der Waals surface area contributed by atoms with Crippen LogP contribution in [0.2, 0.25) is 0 Å². The Hall–Kier alpha value is -1.35. The summed E-state index contributed by atoms with van der Waals surface area (Å²) >= 11 is 0. The van der Waals surface area contributed by atoms with Crippen molar-refractivity contribution in [2.45, 2.75) is 32.8 Å². The van der Waals surface area contributed by atoms with Crippen LogP contribution in [0, 0.1) is 13.8 Å². The van der Waals surface area contributed by atoms with Gasteiger partial charge >= 0.3 is 5.97 Å². The first-order valence-corrected chi connectivity index (χ1v) is 4.97. The Morgan fingerprint density at radius 2 is 2.07 bits per heavy atom. The molecule has 1 unspecified atom stereocenters. The van der Waals surface area contributed by atoms with Gasteiger partial charge in [0.15, 0.2) is 0 Å². The Kier molecular flexibility index (Phi) is 3.86. The molecule has 15 heavy (non-hydrogen) atoms. The molecule has 0 radical (unpaired) electrons. The summed E-state index contributed by atoms with van der Waals surface area (Å²) in [4.78, 5) is 10.4. The molecule has 0 heterocycles. The molecule has 0 fully saturated rings. The van der Waals surface area contributed by atoms with Crippen molar-refractivity contribution in [3.05, 3.63) is 34.9 Å². The van der Waals surface area contributed by atoms with E-state index < -0.39 is 12.1 Å². The van der Waals surface area contributed by atoms with Gasteiger partial charge in [0.05, 0.1) is 6.10 Å². The number of benzene rings is 1. The van der Waals surface area contributed by atoms with E-state index in [9.17, 15) is 9.90 Å². The zero-order valence-corrected chi connectivity index (χ0v) is 9.03. The minimum Gasteiger partial charge on any atom is -0.481 e. The maximum absolute atomic E-state index is 10.4. The average Bonchev–Trinajstić information content (AvgIpc) is 2.14. The van der Waals surface area contributed by atoms with E-state index >= 15 is 0 Å². The predicted octanol–water partition coefficient (Wildman–Crippen LogP) is 2.20. The summed E-state index contributed by atoms with van der Waals surface area (Å²) in [6.45, 7) is 3.91. The number of carbonyl (C=O) groups is 1. The van der Waals surface area contributed by atoms with Crippen LogP contribution in [0.25, 0.3) is 0 Å². The van der Waals surface area contributed by atoms with Crippen LogP contribution < -0.4 is 0 Å². The molecule has 0 aromatic heterocycles. The Morgan fingerprint density at radius 3 is 2.60 bits per heavy atom. The lowest BCUT2D eigenvalue weighted by Gasteiger charge is -2.13. The van der Waals surface area contributed by atoms with Gasteiger partial charge in [0.2, 0.25) is 0 Å². The van der Waals surface area contributed by atoms with E-state index in [2.05, 4.69) is 0 Å². The summed E-state index contributed by atoms with van der Waals surface area (Å²) in [7, 11) is 0. The van der Waals surface area contributed by atoms with Gasteiger partial charge in [-0.3, -0.25) is 4.79 Å². The van der Waals surface area contributed by atoms with Crippen LogP contribution in [-0.4, -0.2) is 16.2 Å². The topological polar surface area (TPSA) is 57.5 Å². The van der Waals surface area contributed by atoms with Crippen LogP contribution in [0.1, 0.15) is 35.6 Å². The second kappa shape index (κ2) is 4.94. The normalized spacial score (nSPS) is 12.5. The van der Waals surface area contributed by atoms with Gasteiger partial charge in [-0.1, -0.05) is 23.8 Å². The van der Waals surface area contributed by atoms with Crippen molar-refractivity contribution in [2.75, 3.05) is 0 Å². The number of aryl methyl sites for hydroxylation is 2. The van der Waals surface area contributed by atoms with E-state index in [1.54, 1.807) is 0 Å². The van der Waals surface area contributed by atoms with Crippen LogP contribution in [0.15, 0.2) is 18.2 Å². The molecule has 1 aromatic carbocycles. The molecule has 1 atom stereocenters. The molecule has 0 spiro atoms. The maximum Gasteiger partial charge on any atom is 0.303 e. The molecule has 3 heteroatoms. The van der Waals surface area contributed by atoms with Crippen molar-refractivity contribution < 1.29 is 15.0 Å². The van der Waals surface area contributed by atoms with Gasteiger partial charge in [-0.15, -0.1) is 0 Å². The number of aliphatic hydroxyl groups is 1. The summed E-state index contributed by atoms with van der Waals surface area (Å²) in [5, 5.41) is 18.3. The summed E-state index contributed by atoms with van der Waals surface area (Å²) in [5.74, 6) is -0.876. The SMILES string of the molecule is Cc1ccc(C(O)CCC(=O)O)c(C)c1. The highest BCUT2D eigenvalue weighted by atomic mass is 16.4. The summed E-state index contributed by atoms with van der Waals surface area (Å²) in [5.41, 5.74) is 2.97. The fourth-order valence-electron chi connectivity index (χ4n) is 1.62. The molecule has 2 N–H and O–H groups in total. The minimum absolute atomic E-state index is 0.00547. The van der Waals surface area contributed by atoms with Crippen LogP contribution in [0.3, 0.4) is 0 Å². The number of carboxylic acid groups (broad SMARTS) is 1. The molecular weight excluding hydrogens is 192 g/mol. The van der Waals surface area contributed by atoms with Crippen LogP contribution >= 0.6 is 0 Å². The molecule has 0 aliphatic rings. The van der Waals surface area contributed by atoms with E-state index in [-0.39, 0.29) is 12.8 Å². The Balaban J connectivity index is 2.73. The molecule has 1 aromatic rings. The van der Waals surface area contributed by atoms with E-state index in [0.717, 1.165) is 16.7 Å². The third kappa shape index (κ3) is 3.36. The van der Waals surface area contributed by atoms with Crippen molar-refractivity contribution in [3.63, 3.8) is 0 Å². The van der Waals surface area contributed by atoms with Crippen LogP contribution in [0.5, 0.6) is 0 Å². The number of rotatable bonds is 4. The van der Waals surface area contributed by atoms with Crippen molar-refractivity contribution in [3.8, 4) is 0 Å². The lowest BCUT2D eigenvalue weighted by atomic mass is 9.98. The van der Waals surface area contributed by atoms with Crippen molar-refractivity contribution in [1.29, 1.82) is 0 Å². The lowest BCUT2D eigenvalue weighted by molar-refractivity contribution is -0.137. The highest BCUT2D eigenvalue weighted by molar-refractivity contribution is 5.66. The van der Waals surface area contributed by atoms with Gasteiger partial charge in [-0.25, -0.2) is 0 Å². The second-order valence-electron chi connectivity index (χ2n) is 3.81. The maximum atomic E-state index is 10.4. The molecule has 1 rings (SSSR count). The predicted molar refractivity (Wildman–Crippen MR) is 57.7 cm³/mol. The van der Waals surface area contributed by atoms with Gasteiger partial charge in [0.25, 0.3) is 0 Å². The number of aliphatic carboxylic acids is 1. The van der Waals surface area contributed by atoms with Crippen molar-refractivity contribution >= 4 is 5.97 Å². The second-order valence-corrected chi connectivity index (χ2v) is 3.81. The minimum atomic E-state index is -0.876. The largest absolute Gasteiger partial charge is 0.481 e. The molecule has 82 valence electrons. The fraction of sp³-hybridized carbons (Fsp3) is 0.417. The first kappa shape index (κ1) is 11.7. The molecule has 0 saturated heterocycles. The smallest absolute Gasteiger partial charge is 0.303 e. The highest BCUT2D eigenvalue weighted by Gasteiger charge is 2.11. The summed E-state index contributed by atoms with van der Waals surface area (Å²) in [6, 6.07) is 5.77. The average molecular weight is 208 g/mol. The number of hydrogen-bond donors (Lipinski definition) is 2. The molecule has 0 aliphatic heterocycles. The van der Waals surface area contributed by atoms with Gasteiger partial charge in [-0.05, 0) is 31.4 Å². The van der Waals surface area contributed by atoms with Crippen LogP contribution in [0.4, 0.5) is 0 Å². The molecule has 0 saturated carbocycles. The zero-order chi connectivity index (χ0) is 11.4. The van der Waals surface area contributed by atoms with Gasteiger partial charge in [-0.2, -0.15) is 0 Å². The number of hydrogen-bond acceptors (Lipinski definition) is 2. The van der Waals surface area contributed by atoms with Gasteiger partial charge in [0.1, 0.15) is 0 Å². The first-order valence-electron chi connectivity index (χ1n) is 4.97. The quantitative estimate of drug-likeness (QED) is 0.797. The zero-order valence-electron chi connectivity index (χ0n) is 9.03. The molecular formula is C12H16O3. The van der Waals surface area contributed by atoms with E-state index in [1.165, 1.54) is 0 Å². The first-order chi connectivity index (χ1) is 7.00. The highest BCUT2D eigenvalue weighted by Crippen LogP contribution is 2.22. The van der Waals surface area contributed by atoms with Crippen molar-refractivity contribution in [1.82, 2.24) is 0 Å². The van der Waals surface area contributed by atoms with E-state index in [0.29, 0.717) is 0 Å². The number of aliphatic hydroxyl groups excluding tert-OH is 1. The summed E-state index contributed by atoms with van der Waals surface area (Å²) < 4.78 is 0. The molecule has 0 amide bonds. The van der Waals surface area contributed by atoms with Gasteiger partial charge in [0, 0.05) is 6.42 Å². The summed E-state index contributed by atoms with van der Waals surface area (Å²) in [6.07, 6.45) is -0.421. The van der Waals surface area contributed by atoms with Gasteiger partial charge < -0.3 is 10.2 Å². The molecule has 0 bridgehead atoms. The van der Waals surface area contributed by atoms with Crippen molar-refractivity contribution in [2.24, 2.45) is 0 Å². The third-order valence-electron chi connectivity index (χ3n) is 2.42. The number of carboxylic acids is 1. The third-order valence-corrected chi connectivity index (χ3v) is 2.42. The Bertz CT molecular complexity index is 358. The molecule has 3 nitrogen and oxygen atoms in total. The van der Waals surface area contributed by atoms with E-state index in [1.807, 2.05) is 32.0 Å². The fourth-order valence-corrected chi connectivity index (χ4v) is 1.62. The Labute approximate surface area is 89.4 Å². The van der Waals surface area contributed by atoms with E-state index in [4.69, 9.17) is 5.11 Å².